The molecule has 1 aromatic heterocycles. The Labute approximate surface area is 133 Å². The number of pyridine rings is 1. The maximum absolute atomic E-state index is 12.5. The lowest BCUT2D eigenvalue weighted by Gasteiger charge is -2.29. The van der Waals surface area contributed by atoms with Crippen LogP contribution in [-0.2, 0) is 21.4 Å². The summed E-state index contributed by atoms with van der Waals surface area (Å²) in [6, 6.07) is 3.86. The number of carbonyl (C=O) groups is 1. The Morgan fingerprint density at radius 3 is 2.59 bits per heavy atom. The number of aromatic nitrogens is 1. The highest BCUT2D eigenvalue weighted by Gasteiger charge is 2.21. The fourth-order valence-electron chi connectivity index (χ4n) is 1.96. The third-order valence-corrected chi connectivity index (χ3v) is 5.04. The van der Waals surface area contributed by atoms with Gasteiger partial charge in [-0.25, -0.2) is 12.7 Å². The molecule has 0 saturated heterocycles. The van der Waals surface area contributed by atoms with Crippen molar-refractivity contribution in [3.8, 4) is 0 Å². The number of sulfonamides is 1. The van der Waals surface area contributed by atoms with Crippen LogP contribution in [0.25, 0.3) is 0 Å². The zero-order chi connectivity index (χ0) is 16.8. The Bertz CT molecular complexity index is 575. The van der Waals surface area contributed by atoms with Crippen molar-refractivity contribution in [2.24, 2.45) is 0 Å². The summed E-state index contributed by atoms with van der Waals surface area (Å²) in [5.41, 5.74) is 0.965. The van der Waals surface area contributed by atoms with Gasteiger partial charge in [0.25, 0.3) is 0 Å². The molecule has 0 aliphatic carbocycles. The van der Waals surface area contributed by atoms with Crippen LogP contribution in [0.3, 0.4) is 0 Å². The molecule has 1 rings (SSSR count). The Hall–Kier alpha value is -1.47. The summed E-state index contributed by atoms with van der Waals surface area (Å²) in [7, 11) is -1.77. The van der Waals surface area contributed by atoms with E-state index in [0.29, 0.717) is 6.54 Å². The van der Waals surface area contributed by atoms with Gasteiger partial charge in [0.05, 0.1) is 6.26 Å². The molecule has 0 spiro atoms. The Morgan fingerprint density at radius 1 is 1.41 bits per heavy atom. The topological polar surface area (TPSA) is 70.6 Å². The van der Waals surface area contributed by atoms with Gasteiger partial charge < -0.3 is 4.90 Å². The molecule has 0 fully saturated rings. The van der Waals surface area contributed by atoms with Gasteiger partial charge in [-0.15, -0.1) is 0 Å². The van der Waals surface area contributed by atoms with Gasteiger partial charge in [-0.3, -0.25) is 9.78 Å². The van der Waals surface area contributed by atoms with Gasteiger partial charge >= 0.3 is 0 Å². The van der Waals surface area contributed by atoms with Crippen LogP contribution in [-0.4, -0.2) is 54.4 Å². The molecule has 1 aromatic rings. The first-order chi connectivity index (χ1) is 10.3. The largest absolute Gasteiger partial charge is 0.336 e. The van der Waals surface area contributed by atoms with Crippen molar-refractivity contribution < 1.29 is 13.2 Å². The predicted octanol–water partition coefficient (Wildman–Crippen LogP) is 1.49. The molecule has 0 radical (unpaired) electrons. The Morgan fingerprint density at radius 2 is 2.09 bits per heavy atom. The van der Waals surface area contributed by atoms with E-state index in [-0.39, 0.29) is 24.9 Å². The second kappa shape index (κ2) is 8.24. The average molecular weight is 327 g/mol. The van der Waals surface area contributed by atoms with E-state index in [2.05, 4.69) is 4.98 Å². The third-order valence-electron chi connectivity index (χ3n) is 3.73. The maximum Gasteiger partial charge on any atom is 0.224 e. The molecular weight excluding hydrogens is 302 g/mol. The lowest BCUT2D eigenvalue weighted by atomic mass is 10.1. The van der Waals surface area contributed by atoms with Crippen molar-refractivity contribution >= 4 is 15.9 Å². The molecule has 0 unspecified atom stereocenters. The van der Waals surface area contributed by atoms with Crippen molar-refractivity contribution in [1.29, 1.82) is 0 Å². The fourth-order valence-corrected chi connectivity index (χ4v) is 2.38. The Kier molecular flexibility index (Phi) is 6.96. The van der Waals surface area contributed by atoms with Gasteiger partial charge in [-0.05, 0) is 25.0 Å². The standard InChI is InChI=1S/C15H25N3O3S/c1-5-13(2)18(12-14-7-6-9-16-11-14)15(19)8-10-17(3)22(4,20)21/h6-7,9,11,13H,5,8,10,12H2,1-4H3/t13-/m1/s1. The van der Waals surface area contributed by atoms with Crippen LogP contribution < -0.4 is 0 Å². The minimum atomic E-state index is -3.26. The molecule has 1 amide bonds. The van der Waals surface area contributed by atoms with Crippen molar-refractivity contribution in [1.82, 2.24) is 14.2 Å². The second-order valence-electron chi connectivity index (χ2n) is 5.47. The number of nitrogens with zero attached hydrogens (tertiary/aromatic N) is 3. The smallest absolute Gasteiger partial charge is 0.224 e. The highest BCUT2D eigenvalue weighted by atomic mass is 32.2. The average Bonchev–Trinajstić information content (AvgIpc) is 2.49. The number of hydrogen-bond acceptors (Lipinski definition) is 4. The van der Waals surface area contributed by atoms with E-state index in [1.807, 2.05) is 26.0 Å². The van der Waals surface area contributed by atoms with E-state index >= 15 is 0 Å². The molecule has 0 aliphatic heterocycles. The minimum Gasteiger partial charge on any atom is -0.336 e. The summed E-state index contributed by atoms with van der Waals surface area (Å²) in [5.74, 6) is -0.0475. The molecule has 1 atom stereocenters. The lowest BCUT2D eigenvalue weighted by Crippen LogP contribution is -2.39. The van der Waals surface area contributed by atoms with Crippen LogP contribution in [0.5, 0.6) is 0 Å². The molecule has 124 valence electrons. The molecule has 22 heavy (non-hydrogen) atoms. The first kappa shape index (κ1) is 18.6. The van der Waals surface area contributed by atoms with E-state index < -0.39 is 10.0 Å². The summed E-state index contributed by atoms with van der Waals surface area (Å²) < 4.78 is 24.0. The van der Waals surface area contributed by atoms with Crippen LogP contribution >= 0.6 is 0 Å². The summed E-state index contributed by atoms with van der Waals surface area (Å²) in [6.07, 6.45) is 5.59. The monoisotopic (exact) mass is 327 g/mol. The van der Waals surface area contributed by atoms with E-state index in [9.17, 15) is 13.2 Å². The first-order valence-corrected chi connectivity index (χ1v) is 9.20. The van der Waals surface area contributed by atoms with Crippen LogP contribution in [0.2, 0.25) is 0 Å². The highest BCUT2D eigenvalue weighted by molar-refractivity contribution is 7.88. The highest BCUT2D eigenvalue weighted by Crippen LogP contribution is 2.12. The maximum atomic E-state index is 12.5. The van der Waals surface area contributed by atoms with Gasteiger partial charge in [-0.1, -0.05) is 13.0 Å². The van der Waals surface area contributed by atoms with E-state index in [4.69, 9.17) is 0 Å². The van der Waals surface area contributed by atoms with Crippen LogP contribution in [0.1, 0.15) is 32.3 Å². The quantitative estimate of drug-likeness (QED) is 0.725. The van der Waals surface area contributed by atoms with Crippen molar-refractivity contribution in [3.63, 3.8) is 0 Å². The molecule has 0 N–H and O–H groups in total. The molecule has 1 heterocycles. The second-order valence-corrected chi connectivity index (χ2v) is 7.56. The molecule has 0 bridgehead atoms. The third kappa shape index (κ3) is 5.73. The number of carbonyl (C=O) groups excluding carboxylic acids is 1. The molecule has 7 heteroatoms. The van der Waals surface area contributed by atoms with Gasteiger partial charge in [0, 0.05) is 45.0 Å². The zero-order valence-electron chi connectivity index (χ0n) is 13.7. The molecule has 0 aliphatic rings. The SMILES string of the molecule is CC[C@@H](C)N(Cc1cccnc1)C(=O)CCN(C)S(C)(=O)=O. The van der Waals surface area contributed by atoms with Crippen LogP contribution in [0.15, 0.2) is 24.5 Å². The summed E-state index contributed by atoms with van der Waals surface area (Å²) in [6.45, 7) is 4.70. The van der Waals surface area contributed by atoms with Crippen molar-refractivity contribution in [3.05, 3.63) is 30.1 Å². The normalized spacial score (nSPS) is 13.1. The fraction of sp³-hybridized carbons (Fsp3) is 0.600. The first-order valence-electron chi connectivity index (χ1n) is 7.35. The summed E-state index contributed by atoms with van der Waals surface area (Å²) in [5, 5.41) is 0. The zero-order valence-corrected chi connectivity index (χ0v) is 14.5. The molecular formula is C15H25N3O3S. The van der Waals surface area contributed by atoms with Crippen LogP contribution in [0, 0.1) is 0 Å². The molecule has 0 aromatic carbocycles. The van der Waals surface area contributed by atoms with Crippen molar-refractivity contribution in [2.45, 2.75) is 39.3 Å². The van der Waals surface area contributed by atoms with Gasteiger partial charge in [0.2, 0.25) is 15.9 Å². The lowest BCUT2D eigenvalue weighted by molar-refractivity contribution is -0.134. The molecule has 0 saturated carbocycles. The van der Waals surface area contributed by atoms with Crippen molar-refractivity contribution in [2.75, 3.05) is 19.8 Å². The Balaban J connectivity index is 2.73. The number of hydrogen-bond donors (Lipinski definition) is 0. The van der Waals surface area contributed by atoms with Gasteiger partial charge in [0.1, 0.15) is 0 Å². The van der Waals surface area contributed by atoms with Gasteiger partial charge in [-0.2, -0.15) is 0 Å². The predicted molar refractivity (Wildman–Crippen MR) is 86.6 cm³/mol. The minimum absolute atomic E-state index is 0.0475. The number of rotatable bonds is 8. The number of amides is 1. The van der Waals surface area contributed by atoms with E-state index in [1.54, 1.807) is 17.3 Å². The summed E-state index contributed by atoms with van der Waals surface area (Å²) >= 11 is 0. The van der Waals surface area contributed by atoms with Gasteiger partial charge in [0.15, 0.2) is 0 Å². The van der Waals surface area contributed by atoms with E-state index in [1.165, 1.54) is 11.4 Å². The molecule has 6 nitrogen and oxygen atoms in total. The van der Waals surface area contributed by atoms with E-state index in [0.717, 1.165) is 18.2 Å². The van der Waals surface area contributed by atoms with Crippen LogP contribution in [0.4, 0.5) is 0 Å². The summed E-state index contributed by atoms with van der Waals surface area (Å²) in [4.78, 5) is 18.3.